The Morgan fingerprint density at radius 2 is 2.37 bits per heavy atom. The number of nitrogens with zero attached hydrogens (tertiary/aromatic N) is 2. The Morgan fingerprint density at radius 1 is 1.58 bits per heavy atom. The number of carbonyl (C=O) groups is 1. The molecule has 0 aliphatic carbocycles. The van der Waals surface area contributed by atoms with Gasteiger partial charge in [0.15, 0.2) is 0 Å². The average molecular weight is 264 g/mol. The van der Waals surface area contributed by atoms with Crippen LogP contribution in [0.2, 0.25) is 0 Å². The van der Waals surface area contributed by atoms with Crippen molar-refractivity contribution in [2.45, 2.75) is 31.7 Å². The van der Waals surface area contributed by atoms with Crippen LogP contribution in [0.15, 0.2) is 18.3 Å². The van der Waals surface area contributed by atoms with Crippen molar-refractivity contribution < 1.29 is 14.6 Å². The number of likely N-dealkylation sites (tertiary alicyclic amines) is 1. The number of aliphatic hydroxyl groups is 1. The van der Waals surface area contributed by atoms with Gasteiger partial charge in [0.2, 0.25) is 5.88 Å². The van der Waals surface area contributed by atoms with E-state index >= 15 is 0 Å². The van der Waals surface area contributed by atoms with Crippen molar-refractivity contribution in [2.24, 2.45) is 0 Å². The molecule has 19 heavy (non-hydrogen) atoms. The van der Waals surface area contributed by atoms with E-state index in [4.69, 9.17) is 4.74 Å². The second-order valence-electron chi connectivity index (χ2n) is 4.89. The van der Waals surface area contributed by atoms with Crippen LogP contribution in [0.3, 0.4) is 0 Å². The fraction of sp³-hybridized carbons (Fsp3) is 0.571. The number of amides is 1. The summed E-state index contributed by atoms with van der Waals surface area (Å²) in [5.41, 5.74) is 0.130. The van der Waals surface area contributed by atoms with Crippen LogP contribution in [0.4, 0.5) is 0 Å². The van der Waals surface area contributed by atoms with Gasteiger partial charge in [-0.05, 0) is 25.3 Å². The molecule has 104 valence electrons. The van der Waals surface area contributed by atoms with Crippen LogP contribution in [0.5, 0.6) is 5.88 Å². The largest absolute Gasteiger partial charge is 0.481 e. The molecule has 0 saturated carbocycles. The number of rotatable bonds is 4. The van der Waals surface area contributed by atoms with Gasteiger partial charge in [-0.1, -0.05) is 6.92 Å². The maximum Gasteiger partial charge on any atom is 0.255 e. The third-order valence-electron chi connectivity index (χ3n) is 3.99. The number of pyridine rings is 1. The normalized spacial score (nSPS) is 22.6. The molecular weight excluding hydrogens is 244 g/mol. The highest BCUT2D eigenvalue weighted by Crippen LogP contribution is 2.33. The first-order valence-electron chi connectivity index (χ1n) is 6.60. The molecule has 5 nitrogen and oxygen atoms in total. The van der Waals surface area contributed by atoms with Crippen LogP contribution < -0.4 is 4.74 Å². The Kier molecular flexibility index (Phi) is 4.04. The summed E-state index contributed by atoms with van der Waals surface area (Å²) < 4.78 is 4.98. The van der Waals surface area contributed by atoms with E-state index in [1.807, 2.05) is 6.92 Å². The molecule has 1 atom stereocenters. The summed E-state index contributed by atoms with van der Waals surface area (Å²) in [6.45, 7) is 2.71. The van der Waals surface area contributed by atoms with Crippen molar-refractivity contribution in [3.63, 3.8) is 0 Å². The fourth-order valence-corrected chi connectivity index (χ4v) is 2.68. The third kappa shape index (κ3) is 2.42. The van der Waals surface area contributed by atoms with E-state index in [0.717, 1.165) is 19.3 Å². The van der Waals surface area contributed by atoms with Crippen LogP contribution in [0.25, 0.3) is 0 Å². The average Bonchev–Trinajstić information content (AvgIpc) is 2.91. The molecule has 2 heterocycles. The molecule has 1 fully saturated rings. The number of aliphatic hydroxyl groups excluding tert-OH is 1. The molecule has 2 rings (SSSR count). The summed E-state index contributed by atoms with van der Waals surface area (Å²) in [5, 5.41) is 9.64. The molecule has 1 N–H and O–H groups in total. The zero-order chi connectivity index (χ0) is 13.9. The lowest BCUT2D eigenvalue weighted by Crippen LogP contribution is -2.49. The van der Waals surface area contributed by atoms with Gasteiger partial charge in [0.1, 0.15) is 0 Å². The lowest BCUT2D eigenvalue weighted by atomic mass is 9.93. The molecule has 1 unspecified atom stereocenters. The maximum absolute atomic E-state index is 12.5. The highest BCUT2D eigenvalue weighted by atomic mass is 16.5. The van der Waals surface area contributed by atoms with Gasteiger partial charge in [-0.25, -0.2) is 4.98 Å². The number of ether oxygens (including phenoxy) is 1. The molecule has 0 spiro atoms. The Hall–Kier alpha value is -1.62. The monoisotopic (exact) mass is 264 g/mol. The molecule has 1 amide bonds. The Bertz CT molecular complexity index is 441. The van der Waals surface area contributed by atoms with Crippen molar-refractivity contribution in [2.75, 3.05) is 20.3 Å². The van der Waals surface area contributed by atoms with E-state index in [1.165, 1.54) is 13.3 Å². The fourth-order valence-electron chi connectivity index (χ4n) is 2.68. The van der Waals surface area contributed by atoms with Crippen molar-refractivity contribution in [1.82, 2.24) is 9.88 Å². The van der Waals surface area contributed by atoms with E-state index in [9.17, 15) is 9.90 Å². The molecule has 5 heteroatoms. The topological polar surface area (TPSA) is 62.7 Å². The molecule has 0 bridgehead atoms. The van der Waals surface area contributed by atoms with E-state index in [1.54, 1.807) is 17.0 Å². The zero-order valence-corrected chi connectivity index (χ0v) is 11.4. The molecule has 1 saturated heterocycles. The van der Waals surface area contributed by atoms with Crippen molar-refractivity contribution in [3.8, 4) is 5.88 Å². The maximum atomic E-state index is 12.5. The van der Waals surface area contributed by atoms with E-state index in [0.29, 0.717) is 18.0 Å². The van der Waals surface area contributed by atoms with Gasteiger partial charge in [-0.15, -0.1) is 0 Å². The zero-order valence-electron chi connectivity index (χ0n) is 11.4. The van der Waals surface area contributed by atoms with Gasteiger partial charge in [-0.3, -0.25) is 4.79 Å². The van der Waals surface area contributed by atoms with Crippen LogP contribution in [0, 0.1) is 0 Å². The summed E-state index contributed by atoms with van der Waals surface area (Å²) in [6, 6.07) is 3.39. The second kappa shape index (κ2) is 5.57. The number of carbonyl (C=O) groups excluding carboxylic acids is 1. The molecule has 0 aromatic carbocycles. The molecule has 1 aromatic heterocycles. The smallest absolute Gasteiger partial charge is 0.255 e. The third-order valence-corrected chi connectivity index (χ3v) is 3.99. The van der Waals surface area contributed by atoms with Crippen LogP contribution in [-0.4, -0.2) is 46.7 Å². The standard InChI is InChI=1S/C14H20N2O3/c1-3-14(10-17)7-4-8-16(14)13(18)11-5-6-12(19-2)15-9-11/h5-6,9,17H,3-4,7-8,10H2,1-2H3. The predicted octanol–water partition coefficient (Wildman–Crippen LogP) is 1.47. The van der Waals surface area contributed by atoms with Crippen LogP contribution in [0.1, 0.15) is 36.5 Å². The predicted molar refractivity (Wildman–Crippen MR) is 71.2 cm³/mol. The van der Waals surface area contributed by atoms with E-state index in [2.05, 4.69) is 4.98 Å². The summed E-state index contributed by atoms with van der Waals surface area (Å²) in [6.07, 6.45) is 4.08. The Labute approximate surface area is 113 Å². The second-order valence-corrected chi connectivity index (χ2v) is 4.89. The summed E-state index contributed by atoms with van der Waals surface area (Å²) in [4.78, 5) is 18.4. The SMILES string of the molecule is CCC1(CO)CCCN1C(=O)c1ccc(OC)nc1. The highest BCUT2D eigenvalue weighted by molar-refractivity contribution is 5.94. The van der Waals surface area contributed by atoms with E-state index < -0.39 is 5.54 Å². The molecule has 1 aliphatic rings. The minimum atomic E-state index is -0.406. The van der Waals surface area contributed by atoms with Gasteiger partial charge < -0.3 is 14.7 Å². The van der Waals surface area contributed by atoms with Gasteiger partial charge in [0, 0.05) is 18.8 Å². The number of aromatic nitrogens is 1. The van der Waals surface area contributed by atoms with Gasteiger partial charge in [-0.2, -0.15) is 0 Å². The lowest BCUT2D eigenvalue weighted by molar-refractivity contribution is 0.0397. The van der Waals surface area contributed by atoms with Crippen LogP contribution >= 0.6 is 0 Å². The first-order valence-corrected chi connectivity index (χ1v) is 6.60. The minimum Gasteiger partial charge on any atom is -0.481 e. The summed E-state index contributed by atoms with van der Waals surface area (Å²) in [7, 11) is 1.54. The molecular formula is C14H20N2O3. The molecule has 1 aromatic rings. The van der Waals surface area contributed by atoms with E-state index in [-0.39, 0.29) is 12.5 Å². The number of hydrogen-bond donors (Lipinski definition) is 1. The van der Waals surface area contributed by atoms with Gasteiger partial charge in [0.25, 0.3) is 5.91 Å². The molecule has 0 radical (unpaired) electrons. The summed E-state index contributed by atoms with van der Waals surface area (Å²) in [5.74, 6) is 0.422. The lowest BCUT2D eigenvalue weighted by Gasteiger charge is -2.36. The quantitative estimate of drug-likeness (QED) is 0.894. The Morgan fingerprint density at radius 3 is 2.89 bits per heavy atom. The highest BCUT2D eigenvalue weighted by Gasteiger charge is 2.41. The van der Waals surface area contributed by atoms with Gasteiger partial charge in [0.05, 0.1) is 24.8 Å². The van der Waals surface area contributed by atoms with Crippen molar-refractivity contribution in [3.05, 3.63) is 23.9 Å². The van der Waals surface area contributed by atoms with Gasteiger partial charge >= 0.3 is 0 Å². The van der Waals surface area contributed by atoms with Crippen LogP contribution in [-0.2, 0) is 0 Å². The summed E-state index contributed by atoms with van der Waals surface area (Å²) >= 11 is 0. The van der Waals surface area contributed by atoms with Crippen molar-refractivity contribution in [1.29, 1.82) is 0 Å². The minimum absolute atomic E-state index is 0.0127. The first-order chi connectivity index (χ1) is 9.16. The Balaban J connectivity index is 2.22. The number of methoxy groups -OCH3 is 1. The first kappa shape index (κ1) is 13.8. The molecule has 1 aliphatic heterocycles. The van der Waals surface area contributed by atoms with Crippen molar-refractivity contribution >= 4 is 5.91 Å². The number of hydrogen-bond acceptors (Lipinski definition) is 4.